The van der Waals surface area contributed by atoms with Crippen molar-refractivity contribution in [3.63, 3.8) is 0 Å². The van der Waals surface area contributed by atoms with E-state index in [2.05, 4.69) is 0 Å². The van der Waals surface area contributed by atoms with Crippen LogP contribution < -0.4 is 5.73 Å². The second-order valence-corrected chi connectivity index (χ2v) is 6.18. The lowest BCUT2D eigenvalue weighted by atomic mass is 9.98. The van der Waals surface area contributed by atoms with Crippen LogP contribution in [-0.4, -0.2) is 47.5 Å². The third-order valence-electron chi connectivity index (χ3n) is 3.91. The van der Waals surface area contributed by atoms with Crippen molar-refractivity contribution >= 4 is 5.91 Å². The molecule has 2 saturated heterocycles. The molecule has 23 heavy (non-hydrogen) atoms. The minimum atomic E-state index is -1.23. The SMILES string of the molecule is CC1(C)O[C@H]2O[C@@H](C(N)=O)[C@@H](O)[C@H](OCc3ccccc3)[C@H]2O1. The highest BCUT2D eigenvalue weighted by Crippen LogP contribution is 2.37. The fraction of sp³-hybridized carbons (Fsp3) is 0.562. The predicted octanol–water partition coefficient (Wildman–Crippen LogP) is 0.294. The highest BCUT2D eigenvalue weighted by Gasteiger charge is 2.56. The Bertz CT molecular complexity index is 563. The summed E-state index contributed by atoms with van der Waals surface area (Å²) in [7, 11) is 0. The first kappa shape index (κ1) is 16.4. The Morgan fingerprint density at radius 1 is 1.30 bits per heavy atom. The van der Waals surface area contributed by atoms with Crippen molar-refractivity contribution in [1.29, 1.82) is 0 Å². The van der Waals surface area contributed by atoms with Crippen LogP contribution in [0.15, 0.2) is 30.3 Å². The van der Waals surface area contributed by atoms with E-state index in [1.807, 2.05) is 30.3 Å². The van der Waals surface area contributed by atoms with E-state index in [4.69, 9.17) is 24.7 Å². The molecule has 2 aliphatic heterocycles. The lowest BCUT2D eigenvalue weighted by Gasteiger charge is -2.38. The maximum atomic E-state index is 11.5. The lowest BCUT2D eigenvalue weighted by molar-refractivity contribution is -0.254. The molecule has 126 valence electrons. The summed E-state index contributed by atoms with van der Waals surface area (Å²) in [6.45, 7) is 3.73. The zero-order chi connectivity index (χ0) is 16.6. The van der Waals surface area contributed by atoms with Gasteiger partial charge in [0, 0.05) is 0 Å². The van der Waals surface area contributed by atoms with E-state index in [1.165, 1.54) is 0 Å². The van der Waals surface area contributed by atoms with Gasteiger partial charge in [-0.3, -0.25) is 4.79 Å². The Balaban J connectivity index is 1.77. The molecule has 2 aliphatic rings. The average molecular weight is 323 g/mol. The maximum Gasteiger partial charge on any atom is 0.249 e. The van der Waals surface area contributed by atoms with Gasteiger partial charge in [0.25, 0.3) is 0 Å². The number of hydrogen-bond acceptors (Lipinski definition) is 6. The molecule has 0 aliphatic carbocycles. The van der Waals surface area contributed by atoms with Gasteiger partial charge >= 0.3 is 0 Å². The first-order chi connectivity index (χ1) is 10.9. The number of primary amides is 1. The summed E-state index contributed by atoms with van der Waals surface area (Å²) in [5.74, 6) is -1.66. The lowest BCUT2D eigenvalue weighted by Crippen LogP contribution is -2.60. The number of benzene rings is 1. The van der Waals surface area contributed by atoms with Gasteiger partial charge in [-0.1, -0.05) is 30.3 Å². The number of aliphatic hydroxyl groups is 1. The normalized spacial score (nSPS) is 35.7. The van der Waals surface area contributed by atoms with Gasteiger partial charge in [-0.15, -0.1) is 0 Å². The third kappa shape index (κ3) is 3.39. The van der Waals surface area contributed by atoms with Crippen LogP contribution in [0.2, 0.25) is 0 Å². The quantitative estimate of drug-likeness (QED) is 0.826. The number of aliphatic hydroxyl groups excluding tert-OH is 1. The van der Waals surface area contributed by atoms with E-state index < -0.39 is 42.4 Å². The summed E-state index contributed by atoms with van der Waals surface area (Å²) < 4.78 is 22.7. The highest BCUT2D eigenvalue weighted by atomic mass is 16.8. The average Bonchev–Trinajstić information content (AvgIpc) is 2.80. The number of carbonyl (C=O) groups is 1. The Hall–Kier alpha value is -1.51. The van der Waals surface area contributed by atoms with Gasteiger partial charge in [-0.25, -0.2) is 0 Å². The summed E-state index contributed by atoms with van der Waals surface area (Å²) in [5.41, 5.74) is 6.24. The Morgan fingerprint density at radius 3 is 2.65 bits per heavy atom. The minimum absolute atomic E-state index is 0.265. The molecule has 7 nitrogen and oxygen atoms in total. The van der Waals surface area contributed by atoms with Gasteiger partial charge in [-0.2, -0.15) is 0 Å². The fourth-order valence-corrected chi connectivity index (χ4v) is 2.87. The van der Waals surface area contributed by atoms with Crippen LogP contribution in [0.4, 0.5) is 0 Å². The molecule has 0 aromatic heterocycles. The van der Waals surface area contributed by atoms with E-state index in [-0.39, 0.29) is 6.61 Å². The van der Waals surface area contributed by atoms with Gasteiger partial charge in [0.05, 0.1) is 6.61 Å². The Kier molecular flexibility index (Phi) is 4.39. The largest absolute Gasteiger partial charge is 0.387 e. The fourth-order valence-electron chi connectivity index (χ4n) is 2.87. The van der Waals surface area contributed by atoms with Crippen LogP contribution in [0.1, 0.15) is 19.4 Å². The number of hydrogen-bond donors (Lipinski definition) is 2. The second-order valence-electron chi connectivity index (χ2n) is 6.18. The van der Waals surface area contributed by atoms with E-state index in [0.29, 0.717) is 0 Å². The van der Waals surface area contributed by atoms with Gasteiger partial charge in [0.2, 0.25) is 5.91 Å². The van der Waals surface area contributed by atoms with Crippen molar-refractivity contribution in [2.45, 2.75) is 56.9 Å². The standard InChI is InChI=1S/C16H21NO6/c1-16(2)22-13-11(20-8-9-6-4-3-5-7-9)10(18)12(14(17)19)21-15(13)23-16/h3-7,10-13,15,18H,8H2,1-2H3,(H2,17,19)/t10-,11-,12+,13+,15+/m0/s1. The molecule has 0 unspecified atom stereocenters. The molecule has 0 radical (unpaired) electrons. The molecule has 3 rings (SSSR count). The van der Waals surface area contributed by atoms with E-state index >= 15 is 0 Å². The molecular weight excluding hydrogens is 302 g/mol. The van der Waals surface area contributed by atoms with E-state index in [1.54, 1.807) is 13.8 Å². The second kappa shape index (κ2) is 6.18. The zero-order valence-corrected chi connectivity index (χ0v) is 13.0. The number of amides is 1. The summed E-state index contributed by atoms with van der Waals surface area (Å²) in [6.07, 6.45) is -4.66. The van der Waals surface area contributed by atoms with E-state index in [0.717, 1.165) is 5.56 Å². The van der Waals surface area contributed by atoms with Crippen LogP contribution in [0.5, 0.6) is 0 Å². The van der Waals surface area contributed by atoms with Gasteiger partial charge in [0.1, 0.15) is 18.3 Å². The Morgan fingerprint density at radius 2 is 2.00 bits per heavy atom. The first-order valence-corrected chi connectivity index (χ1v) is 7.51. The van der Waals surface area contributed by atoms with Crippen molar-refractivity contribution in [2.75, 3.05) is 0 Å². The van der Waals surface area contributed by atoms with Crippen LogP contribution in [0.3, 0.4) is 0 Å². The third-order valence-corrected chi connectivity index (χ3v) is 3.91. The first-order valence-electron chi connectivity index (χ1n) is 7.51. The highest BCUT2D eigenvalue weighted by molar-refractivity contribution is 5.79. The molecule has 1 aromatic rings. The van der Waals surface area contributed by atoms with Crippen LogP contribution in [-0.2, 0) is 30.3 Å². The molecule has 5 atom stereocenters. The number of fused-ring (bicyclic) bond motifs is 1. The molecule has 2 fully saturated rings. The monoisotopic (exact) mass is 323 g/mol. The summed E-state index contributed by atoms with van der Waals surface area (Å²) in [6, 6.07) is 9.51. The molecule has 2 heterocycles. The molecule has 0 bridgehead atoms. The molecule has 0 spiro atoms. The molecule has 1 aromatic carbocycles. The zero-order valence-electron chi connectivity index (χ0n) is 13.0. The van der Waals surface area contributed by atoms with Crippen LogP contribution in [0.25, 0.3) is 0 Å². The van der Waals surface area contributed by atoms with Crippen molar-refractivity contribution in [3.8, 4) is 0 Å². The van der Waals surface area contributed by atoms with Crippen molar-refractivity contribution in [3.05, 3.63) is 35.9 Å². The number of nitrogens with two attached hydrogens (primary N) is 1. The molecule has 7 heteroatoms. The number of rotatable bonds is 4. The van der Waals surface area contributed by atoms with Gasteiger partial charge < -0.3 is 29.8 Å². The topological polar surface area (TPSA) is 100 Å². The summed E-state index contributed by atoms with van der Waals surface area (Å²) in [5, 5.41) is 10.4. The predicted molar refractivity (Wildman–Crippen MR) is 78.9 cm³/mol. The van der Waals surface area contributed by atoms with Crippen molar-refractivity contribution in [1.82, 2.24) is 0 Å². The van der Waals surface area contributed by atoms with Gasteiger partial charge in [-0.05, 0) is 19.4 Å². The molecule has 0 saturated carbocycles. The number of carbonyl (C=O) groups excluding carboxylic acids is 1. The summed E-state index contributed by atoms with van der Waals surface area (Å²) in [4.78, 5) is 11.5. The van der Waals surface area contributed by atoms with Crippen molar-refractivity contribution < 1.29 is 28.8 Å². The molecule has 3 N–H and O–H groups in total. The van der Waals surface area contributed by atoms with E-state index in [9.17, 15) is 9.90 Å². The number of ether oxygens (including phenoxy) is 4. The molecular formula is C16H21NO6. The minimum Gasteiger partial charge on any atom is -0.387 e. The van der Waals surface area contributed by atoms with Crippen LogP contribution in [0, 0.1) is 0 Å². The smallest absolute Gasteiger partial charge is 0.249 e. The Labute approximate surface area is 134 Å². The molecule has 1 amide bonds. The maximum absolute atomic E-state index is 11.5. The van der Waals surface area contributed by atoms with Gasteiger partial charge in [0.15, 0.2) is 18.2 Å². The summed E-state index contributed by atoms with van der Waals surface area (Å²) >= 11 is 0. The van der Waals surface area contributed by atoms with Crippen molar-refractivity contribution in [2.24, 2.45) is 5.73 Å². The van der Waals surface area contributed by atoms with Crippen LogP contribution >= 0.6 is 0 Å².